The lowest BCUT2D eigenvalue weighted by Crippen LogP contribution is -2.40. The molecule has 0 radical (unpaired) electrons. The fraction of sp³-hybridized carbons (Fsp3) is 0.235. The van der Waals surface area contributed by atoms with E-state index in [1.54, 1.807) is 18.2 Å². The van der Waals surface area contributed by atoms with E-state index >= 15 is 0 Å². The third-order valence-electron chi connectivity index (χ3n) is 4.00. The molecule has 2 heterocycles. The highest BCUT2D eigenvalue weighted by Crippen LogP contribution is 2.30. The molecule has 0 amide bonds. The van der Waals surface area contributed by atoms with Crippen molar-refractivity contribution in [3.63, 3.8) is 0 Å². The van der Waals surface area contributed by atoms with Crippen LogP contribution in [0.1, 0.15) is 29.3 Å². The van der Waals surface area contributed by atoms with Gasteiger partial charge in [0.05, 0.1) is 5.70 Å². The van der Waals surface area contributed by atoms with Crippen LogP contribution in [0.3, 0.4) is 0 Å². The van der Waals surface area contributed by atoms with Crippen LogP contribution in [0.15, 0.2) is 33.5 Å². The van der Waals surface area contributed by atoms with E-state index in [1.165, 1.54) is 17.7 Å². The van der Waals surface area contributed by atoms with Crippen LogP contribution in [0.5, 0.6) is 0 Å². The number of halogens is 2. The second kappa shape index (κ2) is 6.54. The Morgan fingerprint density at radius 3 is 2.40 bits per heavy atom. The van der Waals surface area contributed by atoms with Gasteiger partial charge in [0.25, 0.3) is 5.56 Å². The first kappa shape index (κ1) is 17.5. The summed E-state index contributed by atoms with van der Waals surface area (Å²) in [5.74, 6) is -0.272. The highest BCUT2D eigenvalue weighted by atomic mass is 35.5. The monoisotopic (exact) mass is 379 g/mol. The van der Waals surface area contributed by atoms with Crippen molar-refractivity contribution in [2.24, 2.45) is 7.05 Å². The largest absolute Gasteiger partial charge is 0.338 e. The predicted molar refractivity (Wildman–Crippen MR) is 98.6 cm³/mol. The van der Waals surface area contributed by atoms with E-state index in [0.29, 0.717) is 28.6 Å². The fourth-order valence-corrected chi connectivity index (χ4v) is 3.25. The smallest absolute Gasteiger partial charge is 0.332 e. The summed E-state index contributed by atoms with van der Waals surface area (Å²) >= 11 is 12.3. The zero-order valence-electron chi connectivity index (χ0n) is 13.6. The molecular formula is C17H15Cl2N3O3. The summed E-state index contributed by atoms with van der Waals surface area (Å²) in [6.45, 7) is 2.29. The Bertz CT molecular complexity index is 1010. The van der Waals surface area contributed by atoms with E-state index in [-0.39, 0.29) is 17.1 Å². The molecule has 0 spiro atoms. The minimum Gasteiger partial charge on any atom is -0.338 e. The van der Waals surface area contributed by atoms with Crippen molar-refractivity contribution in [3.8, 4) is 0 Å². The third kappa shape index (κ3) is 2.81. The summed E-state index contributed by atoms with van der Waals surface area (Å²) < 4.78 is 2.34. The second-order valence-corrected chi connectivity index (χ2v) is 6.48. The molecule has 2 aromatic rings. The maximum absolute atomic E-state index is 12.7. The van der Waals surface area contributed by atoms with E-state index in [2.05, 4.69) is 5.32 Å². The van der Waals surface area contributed by atoms with E-state index in [4.69, 9.17) is 23.2 Å². The van der Waals surface area contributed by atoms with Gasteiger partial charge in [-0.2, -0.15) is 0 Å². The van der Waals surface area contributed by atoms with Crippen LogP contribution in [0.25, 0.3) is 6.08 Å². The van der Waals surface area contributed by atoms with Crippen molar-refractivity contribution >= 4 is 40.9 Å². The maximum atomic E-state index is 12.7. The topological polar surface area (TPSA) is 73.1 Å². The summed E-state index contributed by atoms with van der Waals surface area (Å²) in [4.78, 5) is 37.4. The number of Topliss-reactive ketones (excluding diaryl/α,β-unsaturated/α-hetero) is 1. The number of hydrogen-bond donors (Lipinski definition) is 1. The van der Waals surface area contributed by atoms with E-state index in [1.807, 2.05) is 6.92 Å². The first-order valence-corrected chi connectivity index (χ1v) is 8.43. The number of hydrogen-bond acceptors (Lipinski definition) is 4. The Balaban J connectivity index is 2.21. The van der Waals surface area contributed by atoms with E-state index < -0.39 is 17.0 Å². The van der Waals surface area contributed by atoms with E-state index in [9.17, 15) is 14.4 Å². The van der Waals surface area contributed by atoms with Crippen molar-refractivity contribution in [3.05, 3.63) is 65.9 Å². The van der Waals surface area contributed by atoms with Gasteiger partial charge in [0.2, 0.25) is 5.78 Å². The van der Waals surface area contributed by atoms with Crippen LogP contribution in [0.2, 0.25) is 10.0 Å². The number of allylic oxidation sites excluding steroid dienone is 1. The molecule has 1 N–H and O–H groups in total. The van der Waals surface area contributed by atoms with Gasteiger partial charge >= 0.3 is 5.69 Å². The number of aromatic nitrogens is 2. The summed E-state index contributed by atoms with van der Waals surface area (Å²) in [7, 11) is 1.36. The maximum Gasteiger partial charge on any atom is 0.332 e. The molecule has 6 nitrogen and oxygen atoms in total. The van der Waals surface area contributed by atoms with Crippen LogP contribution >= 0.6 is 23.2 Å². The Morgan fingerprint density at radius 1 is 1.16 bits per heavy atom. The molecular weight excluding hydrogens is 365 g/mol. The number of ketones is 1. The molecule has 3 rings (SSSR count). The molecule has 8 heteroatoms. The molecule has 0 atom stereocenters. The van der Waals surface area contributed by atoms with Gasteiger partial charge < -0.3 is 5.32 Å². The van der Waals surface area contributed by atoms with Crippen LogP contribution in [0, 0.1) is 0 Å². The van der Waals surface area contributed by atoms with Gasteiger partial charge in [0, 0.05) is 29.2 Å². The zero-order valence-corrected chi connectivity index (χ0v) is 15.1. The Labute approximate surface area is 153 Å². The molecule has 1 aliphatic heterocycles. The van der Waals surface area contributed by atoms with Gasteiger partial charge in [-0.05, 0) is 24.6 Å². The lowest BCUT2D eigenvalue weighted by molar-refractivity contribution is 0.104. The van der Waals surface area contributed by atoms with Crippen molar-refractivity contribution in [1.82, 2.24) is 9.13 Å². The highest BCUT2D eigenvalue weighted by molar-refractivity contribution is 6.37. The SMILES string of the molecule is CCCn1c2c(c(=O)n(C)c1=O)C(=O)/C(=C\c1c(Cl)cccc1Cl)N2. The van der Waals surface area contributed by atoms with Crippen LogP contribution < -0.4 is 16.6 Å². The van der Waals surface area contributed by atoms with Gasteiger partial charge in [-0.1, -0.05) is 36.2 Å². The van der Waals surface area contributed by atoms with Gasteiger partial charge in [0.15, 0.2) is 0 Å². The number of benzene rings is 1. The summed E-state index contributed by atoms with van der Waals surface area (Å²) in [6, 6.07) is 5.00. The van der Waals surface area contributed by atoms with E-state index in [0.717, 1.165) is 4.57 Å². The summed E-state index contributed by atoms with van der Waals surface area (Å²) in [5, 5.41) is 3.65. The molecule has 25 heavy (non-hydrogen) atoms. The number of carbonyl (C=O) groups is 1. The van der Waals surface area contributed by atoms with Crippen LogP contribution in [-0.2, 0) is 13.6 Å². The number of carbonyl (C=O) groups excluding carboxylic acids is 1. The molecule has 1 aliphatic rings. The van der Waals surface area contributed by atoms with Gasteiger partial charge in [-0.3, -0.25) is 18.7 Å². The lowest BCUT2D eigenvalue weighted by atomic mass is 10.1. The predicted octanol–water partition coefficient (Wildman–Crippen LogP) is 2.91. The van der Waals surface area contributed by atoms with Crippen molar-refractivity contribution in [2.45, 2.75) is 19.9 Å². The molecule has 130 valence electrons. The van der Waals surface area contributed by atoms with Crippen LogP contribution in [-0.4, -0.2) is 14.9 Å². The first-order chi connectivity index (χ1) is 11.9. The Hall–Kier alpha value is -2.31. The molecule has 0 fully saturated rings. The fourth-order valence-electron chi connectivity index (χ4n) is 2.75. The van der Waals surface area contributed by atoms with Gasteiger partial charge in [-0.25, -0.2) is 4.79 Å². The molecule has 0 saturated carbocycles. The summed E-state index contributed by atoms with van der Waals surface area (Å²) in [6.07, 6.45) is 2.17. The lowest BCUT2D eigenvalue weighted by Gasteiger charge is -2.11. The van der Waals surface area contributed by atoms with Crippen molar-refractivity contribution in [1.29, 1.82) is 0 Å². The van der Waals surface area contributed by atoms with Gasteiger partial charge in [-0.15, -0.1) is 0 Å². The molecule has 0 saturated heterocycles. The number of nitrogens with zero attached hydrogens (tertiary/aromatic N) is 2. The van der Waals surface area contributed by atoms with Crippen LogP contribution in [0.4, 0.5) is 5.82 Å². The molecule has 0 bridgehead atoms. The molecule has 1 aromatic heterocycles. The normalized spacial score (nSPS) is 14.7. The molecule has 1 aromatic carbocycles. The quantitative estimate of drug-likeness (QED) is 0.832. The number of anilines is 1. The number of fused-ring (bicyclic) bond motifs is 1. The van der Waals surface area contributed by atoms with Crippen molar-refractivity contribution in [2.75, 3.05) is 5.32 Å². The highest BCUT2D eigenvalue weighted by Gasteiger charge is 2.32. The Morgan fingerprint density at radius 2 is 1.80 bits per heavy atom. The minimum absolute atomic E-state index is 0.0509. The number of nitrogens with one attached hydrogen (secondary N) is 1. The minimum atomic E-state index is -0.626. The average molecular weight is 380 g/mol. The third-order valence-corrected chi connectivity index (χ3v) is 4.66. The molecule has 0 unspecified atom stereocenters. The first-order valence-electron chi connectivity index (χ1n) is 7.68. The standard InChI is InChI=1S/C17H15Cl2N3O3/c1-3-7-22-15-13(16(24)21(2)17(22)25)14(23)12(20-15)8-9-10(18)5-4-6-11(9)19/h4-6,8,20H,3,7H2,1-2H3/b12-8+. The Kier molecular flexibility index (Phi) is 4.58. The van der Waals surface area contributed by atoms with Gasteiger partial charge in [0.1, 0.15) is 11.4 Å². The van der Waals surface area contributed by atoms with Crippen molar-refractivity contribution < 1.29 is 4.79 Å². The zero-order chi connectivity index (χ0) is 18.3. The second-order valence-electron chi connectivity index (χ2n) is 5.67. The molecule has 0 aliphatic carbocycles. The summed E-state index contributed by atoms with van der Waals surface area (Å²) in [5.41, 5.74) is -0.528. The number of rotatable bonds is 3. The average Bonchev–Trinajstić information content (AvgIpc) is 2.90.